The number of carbonyl (C=O) groups is 2. The van der Waals surface area contributed by atoms with Gasteiger partial charge in [0.15, 0.2) is 0 Å². The standard InChI is InChI=1S/C15H20NO4P/c1-12(17)16-14(9-10-21(2,3)19)15(18)20-11-13-7-5-4-6-8-13/h4-9H,10-11H2,1-3H3,(H,16,17)/b14-9-. The summed E-state index contributed by atoms with van der Waals surface area (Å²) < 4.78 is 16.8. The minimum atomic E-state index is -2.32. The summed E-state index contributed by atoms with van der Waals surface area (Å²) in [7, 11) is -2.32. The van der Waals surface area contributed by atoms with Crippen molar-refractivity contribution in [2.24, 2.45) is 0 Å². The Hall–Kier alpha value is -1.87. The summed E-state index contributed by atoms with van der Waals surface area (Å²) in [6.07, 6.45) is 1.68. The van der Waals surface area contributed by atoms with Crippen LogP contribution < -0.4 is 5.32 Å². The first-order chi connectivity index (χ1) is 9.78. The molecule has 0 radical (unpaired) electrons. The average molecular weight is 309 g/mol. The lowest BCUT2D eigenvalue weighted by Crippen LogP contribution is -2.26. The lowest BCUT2D eigenvalue weighted by Gasteiger charge is -2.10. The van der Waals surface area contributed by atoms with Crippen LogP contribution in [0.2, 0.25) is 0 Å². The van der Waals surface area contributed by atoms with E-state index in [1.54, 1.807) is 13.3 Å². The predicted molar refractivity (Wildman–Crippen MR) is 82.5 cm³/mol. The maximum absolute atomic E-state index is 12.0. The number of hydrogen-bond acceptors (Lipinski definition) is 4. The molecule has 0 aliphatic carbocycles. The summed E-state index contributed by atoms with van der Waals surface area (Å²) in [5.41, 5.74) is 0.882. The lowest BCUT2D eigenvalue weighted by molar-refractivity contribution is -0.141. The number of benzene rings is 1. The van der Waals surface area contributed by atoms with Crippen molar-refractivity contribution >= 4 is 19.0 Å². The molecule has 1 rings (SSSR count). The van der Waals surface area contributed by atoms with Crippen molar-refractivity contribution < 1.29 is 18.9 Å². The Labute approximate surface area is 124 Å². The van der Waals surface area contributed by atoms with Gasteiger partial charge in [0.2, 0.25) is 5.91 Å². The Morgan fingerprint density at radius 2 is 1.86 bits per heavy atom. The van der Waals surface area contributed by atoms with Crippen LogP contribution in [0.4, 0.5) is 0 Å². The van der Waals surface area contributed by atoms with E-state index in [-0.39, 0.29) is 24.4 Å². The lowest BCUT2D eigenvalue weighted by atomic mass is 10.2. The molecule has 0 aromatic heterocycles. The second-order valence-electron chi connectivity index (χ2n) is 5.12. The first-order valence-corrected chi connectivity index (χ1v) is 9.29. The molecule has 114 valence electrons. The Balaban J connectivity index is 2.71. The SMILES string of the molecule is CC(=O)N/C(=C\CP(C)(C)=O)C(=O)OCc1ccccc1. The van der Waals surface area contributed by atoms with Gasteiger partial charge >= 0.3 is 5.97 Å². The van der Waals surface area contributed by atoms with Crippen molar-refractivity contribution in [1.82, 2.24) is 5.32 Å². The Bertz CT molecular complexity index is 575. The zero-order valence-corrected chi connectivity index (χ0v) is 13.4. The molecule has 1 aromatic rings. The van der Waals surface area contributed by atoms with Crippen LogP contribution in [0.15, 0.2) is 42.1 Å². The topological polar surface area (TPSA) is 72.5 Å². The van der Waals surface area contributed by atoms with Gasteiger partial charge in [-0.3, -0.25) is 4.79 Å². The van der Waals surface area contributed by atoms with E-state index >= 15 is 0 Å². The predicted octanol–water partition coefficient (Wildman–Crippen LogP) is 2.37. The molecule has 0 heterocycles. The fourth-order valence-electron chi connectivity index (χ4n) is 1.49. The van der Waals surface area contributed by atoms with E-state index in [0.717, 1.165) is 5.56 Å². The van der Waals surface area contributed by atoms with E-state index in [2.05, 4.69) is 5.32 Å². The zero-order chi connectivity index (χ0) is 15.9. The van der Waals surface area contributed by atoms with E-state index in [4.69, 9.17) is 4.74 Å². The Morgan fingerprint density at radius 3 is 2.38 bits per heavy atom. The monoisotopic (exact) mass is 309 g/mol. The van der Waals surface area contributed by atoms with E-state index in [1.807, 2.05) is 30.3 Å². The van der Waals surface area contributed by atoms with E-state index in [1.165, 1.54) is 13.0 Å². The second-order valence-corrected chi connectivity index (χ2v) is 8.63. The maximum atomic E-state index is 12.0. The van der Waals surface area contributed by atoms with Gasteiger partial charge < -0.3 is 14.6 Å². The fraction of sp³-hybridized carbons (Fsp3) is 0.333. The summed E-state index contributed by atoms with van der Waals surface area (Å²) in [4.78, 5) is 23.1. The van der Waals surface area contributed by atoms with Gasteiger partial charge in [-0.05, 0) is 25.0 Å². The minimum absolute atomic E-state index is 0.0300. The number of hydrogen-bond donors (Lipinski definition) is 1. The molecule has 0 fully saturated rings. The molecule has 0 aliphatic heterocycles. The van der Waals surface area contributed by atoms with E-state index in [0.29, 0.717) is 0 Å². The van der Waals surface area contributed by atoms with Crippen LogP contribution in [0.5, 0.6) is 0 Å². The van der Waals surface area contributed by atoms with Gasteiger partial charge in [0.05, 0.1) is 7.14 Å². The van der Waals surface area contributed by atoms with Crippen molar-refractivity contribution in [2.45, 2.75) is 13.5 Å². The molecular weight excluding hydrogens is 289 g/mol. The summed E-state index contributed by atoms with van der Waals surface area (Å²) in [6, 6.07) is 9.23. The smallest absolute Gasteiger partial charge is 0.354 e. The summed E-state index contributed by atoms with van der Waals surface area (Å²) in [5, 5.41) is 2.42. The van der Waals surface area contributed by atoms with Gasteiger partial charge in [-0.1, -0.05) is 30.3 Å². The molecule has 0 aliphatic rings. The van der Waals surface area contributed by atoms with Crippen LogP contribution in [0.3, 0.4) is 0 Å². The van der Waals surface area contributed by atoms with Gasteiger partial charge in [-0.25, -0.2) is 4.79 Å². The first kappa shape index (κ1) is 17.2. The van der Waals surface area contributed by atoms with Crippen molar-refractivity contribution in [3.8, 4) is 0 Å². The van der Waals surface area contributed by atoms with Crippen LogP contribution in [-0.2, 0) is 25.5 Å². The molecule has 0 unspecified atom stereocenters. The summed E-state index contributed by atoms with van der Waals surface area (Å²) in [6.45, 7) is 4.65. The van der Waals surface area contributed by atoms with Crippen LogP contribution in [-0.4, -0.2) is 31.4 Å². The number of rotatable bonds is 6. The van der Waals surface area contributed by atoms with Gasteiger partial charge in [-0.15, -0.1) is 0 Å². The molecule has 6 heteroatoms. The van der Waals surface area contributed by atoms with Crippen molar-refractivity contribution in [3.63, 3.8) is 0 Å². The van der Waals surface area contributed by atoms with Gasteiger partial charge in [-0.2, -0.15) is 0 Å². The molecule has 0 spiro atoms. The minimum Gasteiger partial charge on any atom is -0.456 e. The van der Waals surface area contributed by atoms with Crippen molar-refractivity contribution in [1.29, 1.82) is 0 Å². The van der Waals surface area contributed by atoms with Gasteiger partial charge in [0.1, 0.15) is 12.3 Å². The number of allylic oxidation sites excluding steroid dienone is 1. The average Bonchev–Trinajstić information content (AvgIpc) is 2.40. The quantitative estimate of drug-likeness (QED) is 0.497. The highest BCUT2D eigenvalue weighted by molar-refractivity contribution is 7.62. The third-order valence-corrected chi connectivity index (χ3v) is 3.54. The normalized spacial score (nSPS) is 11.9. The number of nitrogens with one attached hydrogen (secondary N) is 1. The molecule has 5 nitrogen and oxygen atoms in total. The summed E-state index contributed by atoms with van der Waals surface area (Å²) >= 11 is 0. The third kappa shape index (κ3) is 7.47. The van der Waals surface area contributed by atoms with Crippen molar-refractivity contribution in [3.05, 3.63) is 47.7 Å². The highest BCUT2D eigenvalue weighted by atomic mass is 31.2. The summed E-state index contributed by atoms with van der Waals surface area (Å²) in [5.74, 6) is -1.01. The molecule has 1 N–H and O–H groups in total. The zero-order valence-electron chi connectivity index (χ0n) is 12.5. The molecule has 0 atom stereocenters. The van der Waals surface area contributed by atoms with Crippen LogP contribution >= 0.6 is 7.14 Å². The van der Waals surface area contributed by atoms with Gasteiger partial charge in [0, 0.05) is 13.1 Å². The van der Waals surface area contributed by atoms with Gasteiger partial charge in [0.25, 0.3) is 0 Å². The Morgan fingerprint density at radius 1 is 1.24 bits per heavy atom. The molecule has 0 saturated heterocycles. The number of esters is 1. The van der Waals surface area contributed by atoms with E-state index < -0.39 is 13.1 Å². The van der Waals surface area contributed by atoms with Crippen molar-refractivity contribution in [2.75, 3.05) is 19.5 Å². The molecular formula is C15H20NO4P. The Kier molecular flexibility index (Phi) is 6.38. The second kappa shape index (κ2) is 7.79. The number of ether oxygens (including phenoxy) is 1. The van der Waals surface area contributed by atoms with Crippen LogP contribution in [0, 0.1) is 0 Å². The first-order valence-electron chi connectivity index (χ1n) is 6.51. The fourth-order valence-corrected chi connectivity index (χ4v) is 2.11. The van der Waals surface area contributed by atoms with Crippen LogP contribution in [0.25, 0.3) is 0 Å². The molecule has 0 saturated carbocycles. The molecule has 1 amide bonds. The number of amides is 1. The highest BCUT2D eigenvalue weighted by Gasteiger charge is 2.14. The van der Waals surface area contributed by atoms with E-state index in [9.17, 15) is 14.2 Å². The molecule has 21 heavy (non-hydrogen) atoms. The molecule has 1 aromatic carbocycles. The largest absolute Gasteiger partial charge is 0.456 e. The van der Waals surface area contributed by atoms with Crippen LogP contribution in [0.1, 0.15) is 12.5 Å². The molecule has 0 bridgehead atoms. The third-order valence-electron chi connectivity index (χ3n) is 2.48. The number of carbonyl (C=O) groups excluding carboxylic acids is 2. The highest BCUT2D eigenvalue weighted by Crippen LogP contribution is 2.35. The maximum Gasteiger partial charge on any atom is 0.354 e.